The number of hydrogen-bond donors (Lipinski definition) is 0. The van der Waals surface area contributed by atoms with Gasteiger partial charge in [-0.05, 0) is 54.1 Å². The quantitative estimate of drug-likeness (QED) is 0.440. The second kappa shape index (κ2) is 11.3. The van der Waals surface area contributed by atoms with Crippen molar-refractivity contribution >= 4 is 27.3 Å². The van der Waals surface area contributed by atoms with Crippen molar-refractivity contribution in [3.8, 4) is 11.5 Å². The van der Waals surface area contributed by atoms with Crippen LogP contribution in [0.15, 0.2) is 78.9 Å². The molecule has 0 bridgehead atoms. The maximum absolute atomic E-state index is 12.7. The molecule has 1 fully saturated rings. The number of piperazine rings is 1. The van der Waals surface area contributed by atoms with Crippen LogP contribution in [0, 0.1) is 0 Å². The van der Waals surface area contributed by atoms with Crippen molar-refractivity contribution in [2.24, 2.45) is 0 Å². The summed E-state index contributed by atoms with van der Waals surface area (Å²) in [4.78, 5) is 16.7. The van der Waals surface area contributed by atoms with Gasteiger partial charge in [-0.1, -0.05) is 30.3 Å². The number of amides is 1. The molecule has 1 heterocycles. The molecule has 0 radical (unpaired) electrons. The van der Waals surface area contributed by atoms with E-state index in [0.717, 1.165) is 30.1 Å². The molecule has 0 N–H and O–H groups in total. The van der Waals surface area contributed by atoms with Gasteiger partial charge < -0.3 is 19.3 Å². The van der Waals surface area contributed by atoms with Crippen LogP contribution in [0.1, 0.15) is 5.56 Å². The number of methoxy groups -OCH3 is 1. The molecule has 0 aliphatic carbocycles. The Kier molecular flexibility index (Phi) is 8.00. The first-order chi connectivity index (χ1) is 17.3. The molecule has 36 heavy (non-hydrogen) atoms. The summed E-state index contributed by atoms with van der Waals surface area (Å²) in [6.45, 7) is 2.90. The molecule has 8 nitrogen and oxygen atoms in total. The minimum atomic E-state index is -3.48. The van der Waals surface area contributed by atoms with E-state index in [1.54, 1.807) is 36.3 Å². The Hall–Kier alpha value is -3.72. The van der Waals surface area contributed by atoms with Crippen molar-refractivity contribution in [3.63, 3.8) is 0 Å². The Bertz CT molecular complexity index is 1240. The third-order valence-electron chi connectivity index (χ3n) is 6.13. The molecule has 0 atom stereocenters. The van der Waals surface area contributed by atoms with E-state index in [4.69, 9.17) is 9.47 Å². The van der Waals surface area contributed by atoms with E-state index in [1.807, 2.05) is 54.6 Å². The van der Waals surface area contributed by atoms with Gasteiger partial charge in [-0.15, -0.1) is 0 Å². The van der Waals surface area contributed by atoms with Crippen molar-refractivity contribution in [1.29, 1.82) is 0 Å². The van der Waals surface area contributed by atoms with Gasteiger partial charge in [-0.2, -0.15) is 0 Å². The van der Waals surface area contributed by atoms with Gasteiger partial charge in [-0.25, -0.2) is 8.42 Å². The van der Waals surface area contributed by atoms with E-state index < -0.39 is 10.0 Å². The number of rotatable bonds is 9. The fourth-order valence-electron chi connectivity index (χ4n) is 4.10. The van der Waals surface area contributed by atoms with Crippen LogP contribution in [0.3, 0.4) is 0 Å². The Labute approximate surface area is 212 Å². The third-order valence-corrected chi connectivity index (χ3v) is 7.27. The van der Waals surface area contributed by atoms with Gasteiger partial charge in [0, 0.05) is 31.9 Å². The van der Waals surface area contributed by atoms with Crippen LogP contribution < -0.4 is 18.7 Å². The first kappa shape index (κ1) is 25.4. The van der Waals surface area contributed by atoms with Gasteiger partial charge in [0.2, 0.25) is 10.0 Å². The van der Waals surface area contributed by atoms with Gasteiger partial charge in [0.15, 0.2) is 6.61 Å². The van der Waals surface area contributed by atoms with Crippen LogP contribution in [0.5, 0.6) is 11.5 Å². The van der Waals surface area contributed by atoms with E-state index >= 15 is 0 Å². The minimum absolute atomic E-state index is 0.0678. The Balaban J connectivity index is 1.29. The van der Waals surface area contributed by atoms with E-state index in [-0.39, 0.29) is 19.1 Å². The molecule has 1 aliphatic rings. The monoisotopic (exact) mass is 509 g/mol. The molecule has 1 saturated heterocycles. The lowest BCUT2D eigenvalue weighted by Gasteiger charge is -2.36. The molecule has 0 spiro atoms. The number of carbonyl (C=O) groups is 1. The zero-order valence-electron chi connectivity index (χ0n) is 20.5. The zero-order chi connectivity index (χ0) is 25.5. The van der Waals surface area contributed by atoms with Gasteiger partial charge in [0.05, 0.1) is 25.6 Å². The highest BCUT2D eigenvalue weighted by Crippen LogP contribution is 2.24. The SMILES string of the molecule is COc1ccc(N2CCN(C(=O)COc3ccc(N(Cc4ccccc4)S(C)(=O)=O)cc3)CC2)cc1. The minimum Gasteiger partial charge on any atom is -0.497 e. The van der Waals surface area contributed by atoms with E-state index in [1.165, 1.54) is 10.6 Å². The topological polar surface area (TPSA) is 79.4 Å². The van der Waals surface area contributed by atoms with Crippen molar-refractivity contribution in [1.82, 2.24) is 4.90 Å². The van der Waals surface area contributed by atoms with Gasteiger partial charge in [0.25, 0.3) is 5.91 Å². The van der Waals surface area contributed by atoms with Crippen LogP contribution in [0.2, 0.25) is 0 Å². The fourth-order valence-corrected chi connectivity index (χ4v) is 4.99. The molecular weight excluding hydrogens is 478 g/mol. The number of anilines is 2. The number of hydrogen-bond acceptors (Lipinski definition) is 6. The summed E-state index contributed by atoms with van der Waals surface area (Å²) >= 11 is 0. The number of nitrogens with zero attached hydrogens (tertiary/aromatic N) is 3. The molecule has 0 aromatic heterocycles. The first-order valence-corrected chi connectivity index (χ1v) is 13.6. The van der Waals surface area contributed by atoms with Crippen LogP contribution in [0.25, 0.3) is 0 Å². The number of ether oxygens (including phenoxy) is 2. The predicted molar refractivity (Wildman–Crippen MR) is 141 cm³/mol. The lowest BCUT2D eigenvalue weighted by Crippen LogP contribution is -2.50. The van der Waals surface area contributed by atoms with Gasteiger partial charge in [0.1, 0.15) is 11.5 Å². The summed E-state index contributed by atoms with van der Waals surface area (Å²) < 4.78 is 37.0. The smallest absolute Gasteiger partial charge is 0.260 e. The summed E-state index contributed by atoms with van der Waals surface area (Å²) in [5.74, 6) is 1.25. The summed E-state index contributed by atoms with van der Waals surface area (Å²) in [7, 11) is -1.83. The largest absolute Gasteiger partial charge is 0.497 e. The molecular formula is C27H31N3O5S. The molecule has 4 rings (SSSR count). The second-order valence-electron chi connectivity index (χ2n) is 8.60. The van der Waals surface area contributed by atoms with Crippen LogP contribution >= 0.6 is 0 Å². The predicted octanol–water partition coefficient (Wildman–Crippen LogP) is 3.39. The van der Waals surface area contributed by atoms with Crippen molar-refractivity contribution in [2.45, 2.75) is 6.54 Å². The summed E-state index contributed by atoms with van der Waals surface area (Å²) in [6.07, 6.45) is 1.19. The highest BCUT2D eigenvalue weighted by atomic mass is 32.2. The Morgan fingerprint density at radius 2 is 1.47 bits per heavy atom. The summed E-state index contributed by atoms with van der Waals surface area (Å²) in [5, 5.41) is 0. The first-order valence-electron chi connectivity index (χ1n) is 11.7. The molecule has 0 saturated carbocycles. The maximum atomic E-state index is 12.7. The average Bonchev–Trinajstić information content (AvgIpc) is 2.91. The standard InChI is InChI=1S/C27H31N3O5S/c1-34-25-12-8-23(9-13-25)28-16-18-29(19-17-28)27(31)21-35-26-14-10-24(11-15-26)30(36(2,32)33)20-22-6-4-3-5-7-22/h3-15H,16-21H2,1-2H3. The molecule has 1 amide bonds. The lowest BCUT2D eigenvalue weighted by molar-refractivity contribution is -0.133. The fraction of sp³-hybridized carbons (Fsp3) is 0.296. The molecule has 9 heteroatoms. The highest BCUT2D eigenvalue weighted by molar-refractivity contribution is 7.92. The van der Waals surface area contributed by atoms with Crippen molar-refractivity contribution in [2.75, 3.05) is 55.4 Å². The molecule has 1 aliphatic heterocycles. The molecule has 3 aromatic carbocycles. The zero-order valence-corrected chi connectivity index (χ0v) is 21.4. The van der Waals surface area contributed by atoms with Crippen LogP contribution in [0.4, 0.5) is 11.4 Å². The van der Waals surface area contributed by atoms with Crippen LogP contribution in [-0.2, 0) is 21.4 Å². The average molecular weight is 510 g/mol. The molecule has 3 aromatic rings. The highest BCUT2D eigenvalue weighted by Gasteiger charge is 2.22. The van der Waals surface area contributed by atoms with E-state index in [9.17, 15) is 13.2 Å². The van der Waals surface area contributed by atoms with E-state index in [2.05, 4.69) is 4.90 Å². The Morgan fingerprint density at radius 1 is 0.861 bits per heavy atom. The van der Waals surface area contributed by atoms with Crippen molar-refractivity contribution in [3.05, 3.63) is 84.4 Å². The van der Waals surface area contributed by atoms with Gasteiger partial charge >= 0.3 is 0 Å². The third kappa shape index (κ3) is 6.48. The molecule has 190 valence electrons. The normalized spacial score (nSPS) is 13.8. The van der Waals surface area contributed by atoms with E-state index in [0.29, 0.717) is 24.5 Å². The molecule has 0 unspecified atom stereocenters. The van der Waals surface area contributed by atoms with Crippen molar-refractivity contribution < 1.29 is 22.7 Å². The summed E-state index contributed by atoms with van der Waals surface area (Å²) in [6, 6.07) is 24.1. The van der Waals surface area contributed by atoms with Crippen LogP contribution in [-0.4, -0.2) is 65.4 Å². The number of sulfonamides is 1. The lowest BCUT2D eigenvalue weighted by atomic mass is 10.2. The maximum Gasteiger partial charge on any atom is 0.260 e. The number of carbonyl (C=O) groups excluding carboxylic acids is 1. The summed E-state index contributed by atoms with van der Waals surface area (Å²) in [5.41, 5.74) is 2.53. The number of benzene rings is 3. The second-order valence-corrected chi connectivity index (χ2v) is 10.5. The van der Waals surface area contributed by atoms with Gasteiger partial charge in [-0.3, -0.25) is 9.10 Å². The Morgan fingerprint density at radius 3 is 2.06 bits per heavy atom.